The van der Waals surface area contributed by atoms with Crippen LogP contribution in [0.25, 0.3) is 21.3 Å². The number of benzene rings is 1. The van der Waals surface area contributed by atoms with Gasteiger partial charge >= 0.3 is 0 Å². The summed E-state index contributed by atoms with van der Waals surface area (Å²) in [5.74, 6) is 0.347. The summed E-state index contributed by atoms with van der Waals surface area (Å²) >= 11 is 1.44. The highest BCUT2D eigenvalue weighted by Gasteiger charge is 2.14. The zero-order valence-corrected chi connectivity index (χ0v) is 13.8. The van der Waals surface area contributed by atoms with Crippen LogP contribution in [-0.2, 0) is 6.54 Å². The molecule has 0 fully saturated rings. The summed E-state index contributed by atoms with van der Waals surface area (Å²) < 4.78 is 1.44. The second-order valence-electron chi connectivity index (χ2n) is 5.34. The highest BCUT2D eigenvalue weighted by molar-refractivity contribution is 7.17. The lowest BCUT2D eigenvalue weighted by Crippen LogP contribution is -2.22. The fourth-order valence-electron chi connectivity index (χ4n) is 2.59. The third-order valence-electron chi connectivity index (χ3n) is 3.67. The Hall–Kier alpha value is -3.33. The molecule has 124 valence electrons. The van der Waals surface area contributed by atoms with Gasteiger partial charge in [0.2, 0.25) is 11.9 Å². The molecule has 9 heteroatoms. The van der Waals surface area contributed by atoms with Crippen LogP contribution in [0.2, 0.25) is 0 Å². The predicted octanol–water partition coefficient (Wildman–Crippen LogP) is 1.52. The number of hydrogen-bond donors (Lipinski definition) is 2. The predicted molar refractivity (Wildman–Crippen MR) is 97.1 cm³/mol. The normalized spacial score (nSPS) is 11.0. The summed E-state index contributed by atoms with van der Waals surface area (Å²) in [5, 5.41) is 2.52. The molecule has 4 aromatic rings. The molecule has 1 aromatic carbocycles. The van der Waals surface area contributed by atoms with Gasteiger partial charge in [-0.05, 0) is 5.56 Å². The van der Waals surface area contributed by atoms with Crippen molar-refractivity contribution in [1.29, 1.82) is 0 Å². The van der Waals surface area contributed by atoms with Crippen LogP contribution in [0.1, 0.15) is 5.82 Å². The number of nitrogens with two attached hydrogens (primary N) is 2. The van der Waals surface area contributed by atoms with Crippen LogP contribution in [0.4, 0.5) is 11.9 Å². The average molecular weight is 351 g/mol. The number of nitrogen functional groups attached to an aromatic ring is 2. The molecule has 0 aliphatic heterocycles. The maximum Gasteiger partial charge on any atom is 0.263 e. The van der Waals surface area contributed by atoms with Gasteiger partial charge in [0, 0.05) is 10.9 Å². The zero-order valence-electron chi connectivity index (χ0n) is 13.0. The monoisotopic (exact) mass is 351 g/mol. The lowest BCUT2D eigenvalue weighted by Gasteiger charge is -2.06. The highest BCUT2D eigenvalue weighted by Crippen LogP contribution is 2.30. The van der Waals surface area contributed by atoms with E-state index in [0.29, 0.717) is 16.0 Å². The highest BCUT2D eigenvalue weighted by atomic mass is 32.1. The quantitative estimate of drug-likeness (QED) is 0.573. The van der Waals surface area contributed by atoms with E-state index >= 15 is 0 Å². The number of nitrogens with zero attached hydrogens (tertiary/aromatic N) is 5. The first kappa shape index (κ1) is 15.2. The molecule has 0 atom stereocenters. The summed E-state index contributed by atoms with van der Waals surface area (Å²) in [4.78, 5) is 29.8. The van der Waals surface area contributed by atoms with Crippen molar-refractivity contribution < 1.29 is 0 Å². The van der Waals surface area contributed by atoms with Gasteiger partial charge in [0.25, 0.3) is 5.56 Å². The van der Waals surface area contributed by atoms with E-state index in [0.717, 1.165) is 11.1 Å². The maximum atomic E-state index is 13.0. The molecule has 3 aromatic heterocycles. The molecule has 0 saturated carbocycles. The van der Waals surface area contributed by atoms with Crippen LogP contribution >= 0.6 is 11.3 Å². The summed E-state index contributed by atoms with van der Waals surface area (Å²) in [5.41, 5.74) is 12.8. The van der Waals surface area contributed by atoms with Crippen molar-refractivity contribution in [1.82, 2.24) is 24.5 Å². The van der Waals surface area contributed by atoms with Crippen molar-refractivity contribution in [2.45, 2.75) is 6.54 Å². The topological polar surface area (TPSA) is 126 Å². The first-order chi connectivity index (χ1) is 12.1. The van der Waals surface area contributed by atoms with E-state index in [1.165, 1.54) is 22.2 Å². The summed E-state index contributed by atoms with van der Waals surface area (Å²) in [6, 6.07) is 9.73. The molecule has 0 bridgehead atoms. The standard InChI is InChI=1S/C16H13N7OS/c17-15-20-11(21-16(18)22-15)6-23-8-19-13-12(14(23)24)10(7-25-13)9-4-2-1-3-5-9/h1-5,7-8H,6H2,(H4,17,18,20,21,22). The van der Waals surface area contributed by atoms with Crippen molar-refractivity contribution in [2.24, 2.45) is 0 Å². The largest absolute Gasteiger partial charge is 0.368 e. The van der Waals surface area contributed by atoms with Gasteiger partial charge in [-0.3, -0.25) is 9.36 Å². The molecule has 4 N–H and O–H groups in total. The zero-order chi connectivity index (χ0) is 17.4. The van der Waals surface area contributed by atoms with Crippen LogP contribution in [0, 0.1) is 0 Å². The Bertz CT molecular complexity index is 1100. The van der Waals surface area contributed by atoms with Crippen molar-refractivity contribution in [3.05, 3.63) is 58.2 Å². The number of aromatic nitrogens is 5. The van der Waals surface area contributed by atoms with Crippen LogP contribution in [0.15, 0.2) is 46.8 Å². The van der Waals surface area contributed by atoms with Crippen LogP contribution in [0.3, 0.4) is 0 Å². The van der Waals surface area contributed by atoms with Crippen molar-refractivity contribution >= 4 is 33.5 Å². The molecule has 25 heavy (non-hydrogen) atoms. The molecule has 3 heterocycles. The van der Waals surface area contributed by atoms with Crippen molar-refractivity contribution in [3.63, 3.8) is 0 Å². The van der Waals surface area contributed by atoms with E-state index in [2.05, 4.69) is 19.9 Å². The smallest absolute Gasteiger partial charge is 0.263 e. The van der Waals surface area contributed by atoms with Crippen molar-refractivity contribution in [3.8, 4) is 11.1 Å². The molecule has 0 spiro atoms. The second kappa shape index (κ2) is 5.95. The van der Waals surface area contributed by atoms with Gasteiger partial charge in [-0.1, -0.05) is 30.3 Å². The van der Waals surface area contributed by atoms with Gasteiger partial charge in [-0.15, -0.1) is 11.3 Å². The van der Waals surface area contributed by atoms with Crippen LogP contribution in [0.5, 0.6) is 0 Å². The Morgan fingerprint density at radius 1 is 1.04 bits per heavy atom. The first-order valence-electron chi connectivity index (χ1n) is 7.40. The summed E-state index contributed by atoms with van der Waals surface area (Å²) in [6.07, 6.45) is 1.48. The van der Waals surface area contributed by atoms with Gasteiger partial charge in [0.15, 0.2) is 5.82 Å². The number of hydrogen-bond acceptors (Lipinski definition) is 8. The van der Waals surface area contributed by atoms with Gasteiger partial charge < -0.3 is 11.5 Å². The number of anilines is 2. The minimum absolute atomic E-state index is 0.0186. The molecule has 0 aliphatic carbocycles. The average Bonchev–Trinajstić information content (AvgIpc) is 3.02. The molecule has 0 saturated heterocycles. The molecule has 8 nitrogen and oxygen atoms in total. The van der Waals surface area contributed by atoms with Gasteiger partial charge in [-0.25, -0.2) is 4.98 Å². The lowest BCUT2D eigenvalue weighted by molar-refractivity contribution is 0.705. The third kappa shape index (κ3) is 2.81. The van der Waals surface area contributed by atoms with Crippen LogP contribution < -0.4 is 17.0 Å². The van der Waals surface area contributed by atoms with E-state index in [4.69, 9.17) is 11.5 Å². The SMILES string of the molecule is Nc1nc(N)nc(Cn2cnc3scc(-c4ccccc4)c3c2=O)n1. The molecule has 4 rings (SSSR count). The van der Waals surface area contributed by atoms with E-state index in [1.54, 1.807) is 0 Å². The van der Waals surface area contributed by atoms with Gasteiger partial charge in [-0.2, -0.15) is 15.0 Å². The Morgan fingerprint density at radius 3 is 2.48 bits per heavy atom. The van der Waals surface area contributed by atoms with E-state index in [9.17, 15) is 4.79 Å². The molecular formula is C16H13N7OS. The Kier molecular flexibility index (Phi) is 3.62. The van der Waals surface area contributed by atoms with E-state index in [-0.39, 0.29) is 24.0 Å². The van der Waals surface area contributed by atoms with E-state index < -0.39 is 0 Å². The fourth-order valence-corrected chi connectivity index (χ4v) is 3.50. The molecule has 0 unspecified atom stereocenters. The number of fused-ring (bicyclic) bond motifs is 1. The Labute approximate surface area is 145 Å². The number of thiophene rings is 1. The molecule has 0 aliphatic rings. The number of rotatable bonds is 3. The van der Waals surface area contributed by atoms with Crippen molar-refractivity contribution in [2.75, 3.05) is 11.5 Å². The lowest BCUT2D eigenvalue weighted by atomic mass is 10.1. The fraction of sp³-hybridized carbons (Fsp3) is 0.0625. The Balaban J connectivity index is 1.84. The minimum atomic E-state index is -0.164. The maximum absolute atomic E-state index is 13.0. The second-order valence-corrected chi connectivity index (χ2v) is 6.20. The van der Waals surface area contributed by atoms with Gasteiger partial charge in [0.05, 0.1) is 18.3 Å². The Morgan fingerprint density at radius 2 is 1.76 bits per heavy atom. The summed E-state index contributed by atoms with van der Waals surface area (Å²) in [7, 11) is 0. The molecular weight excluding hydrogens is 338 g/mol. The summed E-state index contributed by atoms with van der Waals surface area (Å²) in [6.45, 7) is 0.114. The van der Waals surface area contributed by atoms with E-state index in [1.807, 2.05) is 35.7 Å². The van der Waals surface area contributed by atoms with Gasteiger partial charge in [0.1, 0.15) is 4.83 Å². The van der Waals surface area contributed by atoms with Crippen LogP contribution in [-0.4, -0.2) is 24.5 Å². The minimum Gasteiger partial charge on any atom is -0.368 e. The third-order valence-corrected chi connectivity index (χ3v) is 4.56. The first-order valence-corrected chi connectivity index (χ1v) is 8.28. The molecule has 0 amide bonds. The molecule has 0 radical (unpaired) electrons.